The van der Waals surface area contributed by atoms with Crippen LogP contribution in [0, 0.1) is 6.92 Å². The maximum atomic E-state index is 15.5. The Morgan fingerprint density at radius 1 is 1.32 bits per heavy atom. The normalized spacial score (nSPS) is 20.4. The van der Waals surface area contributed by atoms with E-state index in [4.69, 9.17) is 9.16 Å². The molecule has 1 fully saturated rings. The number of benzene rings is 1. The van der Waals surface area contributed by atoms with E-state index in [2.05, 4.69) is 4.98 Å². The number of ether oxygens (including phenoxy) is 1. The SMILES string of the molecule is Cc1nc(/C=C(/F)[C@H](CC(=O)N2C(=O)O[C@H](c3ccccc3)[C@@H]2C)O[Si](C)(C)C(C)(C)C)cs1. The van der Waals surface area contributed by atoms with E-state index in [-0.39, 0.29) is 11.5 Å². The van der Waals surface area contributed by atoms with Crippen molar-refractivity contribution in [1.29, 1.82) is 0 Å². The van der Waals surface area contributed by atoms with Crippen LogP contribution in [0.25, 0.3) is 6.08 Å². The molecule has 0 bridgehead atoms. The zero-order valence-corrected chi connectivity index (χ0v) is 22.6. The van der Waals surface area contributed by atoms with Crippen LogP contribution in [0.4, 0.5) is 9.18 Å². The maximum Gasteiger partial charge on any atom is 0.417 e. The largest absolute Gasteiger partial charge is 0.439 e. The Labute approximate surface area is 205 Å². The molecule has 3 rings (SSSR count). The van der Waals surface area contributed by atoms with Crippen molar-refractivity contribution in [3.05, 3.63) is 57.8 Å². The number of thiazole rings is 1. The first-order valence-corrected chi connectivity index (χ1v) is 15.1. The van der Waals surface area contributed by atoms with Gasteiger partial charge in [-0.3, -0.25) is 4.79 Å². The first kappa shape index (κ1) is 26.2. The topological polar surface area (TPSA) is 68.7 Å². The average Bonchev–Trinajstić information content (AvgIpc) is 3.28. The molecule has 1 aromatic heterocycles. The lowest BCUT2D eigenvalue weighted by atomic mass is 10.0. The number of hydrogen-bond acceptors (Lipinski definition) is 6. The molecular weight excluding hydrogens is 471 g/mol. The molecule has 1 aromatic carbocycles. The number of rotatable bonds is 7. The molecule has 1 aliphatic heterocycles. The van der Waals surface area contributed by atoms with Crippen molar-refractivity contribution in [3.8, 4) is 0 Å². The van der Waals surface area contributed by atoms with Gasteiger partial charge in [0.2, 0.25) is 5.91 Å². The van der Waals surface area contributed by atoms with Crippen molar-refractivity contribution in [3.63, 3.8) is 0 Å². The molecule has 34 heavy (non-hydrogen) atoms. The second-order valence-electron chi connectivity index (χ2n) is 10.1. The summed E-state index contributed by atoms with van der Waals surface area (Å²) in [6.45, 7) is 13.8. The highest BCUT2D eigenvalue weighted by Gasteiger charge is 2.45. The minimum Gasteiger partial charge on any atom is -0.439 e. The summed E-state index contributed by atoms with van der Waals surface area (Å²) in [5.74, 6) is -1.11. The number of cyclic esters (lactones) is 1. The summed E-state index contributed by atoms with van der Waals surface area (Å²) in [5.41, 5.74) is 1.28. The van der Waals surface area contributed by atoms with Gasteiger partial charge in [-0.1, -0.05) is 51.1 Å². The monoisotopic (exact) mass is 504 g/mol. The van der Waals surface area contributed by atoms with Gasteiger partial charge in [0.05, 0.1) is 23.2 Å². The molecule has 0 aliphatic carbocycles. The maximum absolute atomic E-state index is 15.5. The molecule has 2 heterocycles. The lowest BCUT2D eigenvalue weighted by Gasteiger charge is -2.39. The van der Waals surface area contributed by atoms with E-state index < -0.39 is 44.4 Å². The number of carbonyl (C=O) groups is 2. The third-order valence-electron chi connectivity index (χ3n) is 6.50. The molecule has 1 saturated heterocycles. The van der Waals surface area contributed by atoms with Gasteiger partial charge >= 0.3 is 6.09 Å². The summed E-state index contributed by atoms with van der Waals surface area (Å²) in [5, 5.41) is 2.38. The standard InChI is InChI=1S/C25H33FN2O4SSi/c1-16-23(18-11-9-8-10-12-18)31-24(30)28(16)22(29)14-21(32-34(6,7)25(3,4)5)20(26)13-19-15-33-17(2)27-19/h8-13,15-16,21,23H,14H2,1-7H3/b20-13+/t16-,21-,23-/m0/s1. The van der Waals surface area contributed by atoms with E-state index in [1.54, 1.807) is 12.3 Å². The number of hydrogen-bond donors (Lipinski definition) is 0. The second-order valence-corrected chi connectivity index (χ2v) is 15.9. The number of aryl methyl sites for hydroxylation is 1. The van der Waals surface area contributed by atoms with Crippen LogP contribution >= 0.6 is 11.3 Å². The number of imide groups is 1. The van der Waals surface area contributed by atoms with Crippen LogP contribution in [0.2, 0.25) is 18.1 Å². The number of carbonyl (C=O) groups excluding carboxylic acids is 2. The van der Waals surface area contributed by atoms with Gasteiger partial charge in [0.25, 0.3) is 0 Å². The molecule has 0 unspecified atom stereocenters. The van der Waals surface area contributed by atoms with Gasteiger partial charge in [-0.25, -0.2) is 19.1 Å². The number of aromatic nitrogens is 1. The van der Waals surface area contributed by atoms with Crippen LogP contribution in [0.3, 0.4) is 0 Å². The fraction of sp³-hybridized carbons (Fsp3) is 0.480. The summed E-state index contributed by atoms with van der Waals surface area (Å²) >= 11 is 1.42. The molecule has 184 valence electrons. The molecule has 0 N–H and O–H groups in total. The molecule has 0 radical (unpaired) electrons. The van der Waals surface area contributed by atoms with E-state index in [1.165, 1.54) is 17.4 Å². The Kier molecular flexibility index (Phi) is 7.79. The molecule has 2 amide bonds. The minimum absolute atomic E-state index is 0.190. The van der Waals surface area contributed by atoms with Crippen LogP contribution in [-0.2, 0) is 14.0 Å². The van der Waals surface area contributed by atoms with E-state index in [0.717, 1.165) is 15.5 Å². The molecule has 2 aromatic rings. The summed E-state index contributed by atoms with van der Waals surface area (Å²) < 4.78 is 27.3. The Bertz CT molecular complexity index is 1060. The number of nitrogens with zero attached hydrogens (tertiary/aromatic N) is 2. The quantitative estimate of drug-likeness (QED) is 0.395. The van der Waals surface area contributed by atoms with Gasteiger partial charge in [0.1, 0.15) is 18.0 Å². The van der Waals surface area contributed by atoms with E-state index in [9.17, 15) is 9.59 Å². The third-order valence-corrected chi connectivity index (χ3v) is 11.8. The van der Waals surface area contributed by atoms with Crippen LogP contribution < -0.4 is 0 Å². The van der Waals surface area contributed by atoms with Crippen LogP contribution in [0.1, 0.15) is 56.5 Å². The van der Waals surface area contributed by atoms with Gasteiger partial charge in [0, 0.05) is 5.38 Å². The van der Waals surface area contributed by atoms with Gasteiger partial charge in [0.15, 0.2) is 8.32 Å². The van der Waals surface area contributed by atoms with Crippen molar-refractivity contribution in [2.75, 3.05) is 0 Å². The van der Waals surface area contributed by atoms with Crippen molar-refractivity contribution >= 4 is 37.7 Å². The molecule has 1 aliphatic rings. The summed E-state index contributed by atoms with van der Waals surface area (Å²) in [4.78, 5) is 31.3. The van der Waals surface area contributed by atoms with Crippen molar-refractivity contribution in [2.45, 2.75) is 77.4 Å². The highest BCUT2D eigenvalue weighted by atomic mass is 32.1. The Morgan fingerprint density at radius 2 is 1.97 bits per heavy atom. The molecule has 9 heteroatoms. The average molecular weight is 505 g/mol. The number of amides is 2. The van der Waals surface area contributed by atoms with Gasteiger partial charge in [-0.05, 0) is 43.6 Å². The Hall–Kier alpha value is -2.36. The lowest BCUT2D eigenvalue weighted by Crippen LogP contribution is -2.46. The predicted octanol–water partition coefficient (Wildman–Crippen LogP) is 6.65. The minimum atomic E-state index is -2.43. The van der Waals surface area contributed by atoms with Crippen LogP contribution in [-0.4, -0.2) is 42.3 Å². The highest BCUT2D eigenvalue weighted by Crippen LogP contribution is 2.39. The van der Waals surface area contributed by atoms with Gasteiger partial charge < -0.3 is 9.16 Å². The van der Waals surface area contributed by atoms with E-state index in [1.807, 2.05) is 71.1 Å². The first-order chi connectivity index (χ1) is 15.8. The first-order valence-electron chi connectivity index (χ1n) is 11.3. The second kappa shape index (κ2) is 10.1. The van der Waals surface area contributed by atoms with Gasteiger partial charge in [-0.2, -0.15) is 0 Å². The molecule has 0 spiro atoms. The molecular formula is C25H33FN2O4SSi. The molecule has 6 nitrogen and oxygen atoms in total. The van der Waals surface area contributed by atoms with E-state index in [0.29, 0.717) is 5.69 Å². The number of halogens is 1. The summed E-state index contributed by atoms with van der Waals surface area (Å²) in [6.07, 6.45) is -1.41. The van der Waals surface area contributed by atoms with Gasteiger partial charge in [-0.15, -0.1) is 11.3 Å². The zero-order chi connectivity index (χ0) is 25.3. The highest BCUT2D eigenvalue weighted by molar-refractivity contribution is 7.09. The summed E-state index contributed by atoms with van der Waals surface area (Å²) in [7, 11) is -2.43. The fourth-order valence-electron chi connectivity index (χ4n) is 3.55. The Morgan fingerprint density at radius 3 is 2.53 bits per heavy atom. The van der Waals surface area contributed by atoms with E-state index >= 15 is 4.39 Å². The van der Waals surface area contributed by atoms with Crippen molar-refractivity contribution in [2.24, 2.45) is 0 Å². The Balaban J connectivity index is 1.85. The predicted molar refractivity (Wildman–Crippen MR) is 135 cm³/mol. The lowest BCUT2D eigenvalue weighted by molar-refractivity contribution is -0.130. The smallest absolute Gasteiger partial charge is 0.417 e. The van der Waals surface area contributed by atoms with Crippen LogP contribution in [0.5, 0.6) is 0 Å². The molecule has 3 atom stereocenters. The van der Waals surface area contributed by atoms with Crippen LogP contribution in [0.15, 0.2) is 41.5 Å². The summed E-state index contributed by atoms with van der Waals surface area (Å²) in [6, 6.07) is 8.75. The van der Waals surface area contributed by atoms with Crippen molar-refractivity contribution in [1.82, 2.24) is 9.88 Å². The van der Waals surface area contributed by atoms with Crippen molar-refractivity contribution < 1.29 is 23.1 Å². The zero-order valence-electron chi connectivity index (χ0n) is 20.8. The third kappa shape index (κ3) is 5.82. The molecule has 0 saturated carbocycles. The fourth-order valence-corrected chi connectivity index (χ4v) is 5.38.